The van der Waals surface area contributed by atoms with Crippen LogP contribution in [0.3, 0.4) is 0 Å². The highest BCUT2D eigenvalue weighted by molar-refractivity contribution is 6.01. The van der Waals surface area contributed by atoms with Crippen LogP contribution in [0.2, 0.25) is 0 Å². The Labute approximate surface area is 142 Å². The summed E-state index contributed by atoms with van der Waals surface area (Å²) in [5.74, 6) is 0.199. The number of fused-ring (bicyclic) bond motifs is 1. The monoisotopic (exact) mass is 319 g/mol. The predicted octanol–water partition coefficient (Wildman–Crippen LogP) is 4.11. The van der Waals surface area contributed by atoms with Crippen LogP contribution in [0.4, 0.5) is 11.4 Å². The summed E-state index contributed by atoms with van der Waals surface area (Å²) in [6.45, 7) is 4.98. The number of hydrogen-bond donors (Lipinski definition) is 1. The van der Waals surface area contributed by atoms with E-state index in [4.69, 9.17) is 0 Å². The van der Waals surface area contributed by atoms with Gasteiger partial charge in [-0.05, 0) is 35.6 Å². The molecule has 0 atom stereocenters. The Bertz CT molecular complexity index is 824. The lowest BCUT2D eigenvalue weighted by molar-refractivity contribution is -0.118. The summed E-state index contributed by atoms with van der Waals surface area (Å²) in [6, 6.07) is 12.2. The number of anilines is 2. The van der Waals surface area contributed by atoms with Crippen molar-refractivity contribution < 1.29 is 4.79 Å². The number of carbonyl (C=O) groups excluding carboxylic acids is 1. The number of benzene rings is 1. The number of allylic oxidation sites excluding steroid dienone is 2. The van der Waals surface area contributed by atoms with Crippen molar-refractivity contribution in [2.45, 2.75) is 33.2 Å². The van der Waals surface area contributed by atoms with Crippen molar-refractivity contribution in [1.29, 1.82) is 0 Å². The van der Waals surface area contributed by atoms with E-state index >= 15 is 0 Å². The molecule has 24 heavy (non-hydrogen) atoms. The summed E-state index contributed by atoms with van der Waals surface area (Å²) >= 11 is 0. The number of aromatic nitrogens is 1. The average molecular weight is 319 g/mol. The van der Waals surface area contributed by atoms with Crippen LogP contribution in [0, 0.1) is 5.41 Å². The van der Waals surface area contributed by atoms with Gasteiger partial charge >= 0.3 is 0 Å². The van der Waals surface area contributed by atoms with Crippen LogP contribution in [0.5, 0.6) is 0 Å². The van der Waals surface area contributed by atoms with E-state index in [1.165, 1.54) is 5.56 Å². The molecule has 0 fully saturated rings. The van der Waals surface area contributed by atoms with Crippen LogP contribution in [0.25, 0.3) is 0 Å². The van der Waals surface area contributed by atoms with Crippen LogP contribution in [-0.2, 0) is 11.3 Å². The predicted molar refractivity (Wildman–Crippen MR) is 95.5 cm³/mol. The normalized spacial score (nSPS) is 19.2. The maximum Gasteiger partial charge on any atom is 0.181 e. The molecule has 0 spiro atoms. The van der Waals surface area contributed by atoms with Crippen molar-refractivity contribution in [2.75, 3.05) is 10.2 Å². The Morgan fingerprint density at radius 2 is 1.96 bits per heavy atom. The Balaban J connectivity index is 1.89. The van der Waals surface area contributed by atoms with Crippen molar-refractivity contribution in [3.8, 4) is 0 Å². The molecule has 122 valence electrons. The van der Waals surface area contributed by atoms with Gasteiger partial charge in [-0.1, -0.05) is 32.0 Å². The van der Waals surface area contributed by atoms with Crippen molar-refractivity contribution in [1.82, 2.24) is 4.98 Å². The fraction of sp³-hybridized carbons (Fsp3) is 0.300. The number of para-hydroxylation sites is 1. The highest BCUT2D eigenvalue weighted by Gasteiger charge is 2.37. The zero-order valence-electron chi connectivity index (χ0n) is 14.0. The zero-order chi connectivity index (χ0) is 16.7. The maximum atomic E-state index is 13.0. The minimum absolute atomic E-state index is 0.0250. The van der Waals surface area contributed by atoms with E-state index in [2.05, 4.69) is 41.2 Å². The third kappa shape index (κ3) is 2.58. The van der Waals surface area contributed by atoms with E-state index in [0.29, 0.717) is 13.0 Å². The molecule has 0 amide bonds. The summed E-state index contributed by atoms with van der Waals surface area (Å²) in [7, 11) is 0. The van der Waals surface area contributed by atoms with Gasteiger partial charge in [-0.25, -0.2) is 0 Å². The second kappa shape index (κ2) is 5.48. The van der Waals surface area contributed by atoms with Gasteiger partial charge in [0.1, 0.15) is 5.70 Å². The van der Waals surface area contributed by atoms with Crippen LogP contribution >= 0.6 is 0 Å². The lowest BCUT2D eigenvalue weighted by Gasteiger charge is -2.35. The Morgan fingerprint density at radius 1 is 1.12 bits per heavy atom. The standard InChI is InChI=1S/C20H21N3O/c1-20(2)10-17-19(18(24)11-20)23(15-7-5-9-21-12-15)13-14-6-3-4-8-16(14)22-17/h3-9,12,22H,10-11,13H2,1-2H3. The largest absolute Gasteiger partial charge is 0.357 e. The van der Waals surface area contributed by atoms with E-state index in [1.807, 2.05) is 30.5 Å². The molecule has 4 heteroatoms. The molecule has 0 radical (unpaired) electrons. The minimum Gasteiger partial charge on any atom is -0.357 e. The molecule has 4 nitrogen and oxygen atoms in total. The summed E-state index contributed by atoms with van der Waals surface area (Å²) < 4.78 is 0. The molecular weight excluding hydrogens is 298 g/mol. The number of pyridine rings is 1. The molecule has 2 aromatic rings. The first-order valence-corrected chi connectivity index (χ1v) is 8.32. The van der Waals surface area contributed by atoms with Gasteiger partial charge < -0.3 is 10.2 Å². The lowest BCUT2D eigenvalue weighted by atomic mass is 9.77. The first-order valence-electron chi connectivity index (χ1n) is 8.32. The van der Waals surface area contributed by atoms with Crippen LogP contribution in [-0.4, -0.2) is 10.8 Å². The number of nitrogens with one attached hydrogen (secondary N) is 1. The summed E-state index contributed by atoms with van der Waals surface area (Å²) in [5, 5.41) is 3.54. The number of ketones is 1. The van der Waals surface area contributed by atoms with Crippen LogP contribution < -0.4 is 10.2 Å². The van der Waals surface area contributed by atoms with Gasteiger partial charge in [-0.3, -0.25) is 9.78 Å². The molecule has 0 saturated heterocycles. The second-order valence-corrected chi connectivity index (χ2v) is 7.35. The van der Waals surface area contributed by atoms with Crippen molar-refractivity contribution in [3.63, 3.8) is 0 Å². The Kier molecular flexibility index (Phi) is 3.41. The van der Waals surface area contributed by atoms with Gasteiger partial charge in [0.05, 0.1) is 18.4 Å². The third-order valence-electron chi connectivity index (χ3n) is 4.70. The summed E-state index contributed by atoms with van der Waals surface area (Å²) in [6.07, 6.45) is 5.01. The molecule has 1 aliphatic carbocycles. The average Bonchev–Trinajstić information content (AvgIpc) is 2.70. The Hall–Kier alpha value is -2.62. The van der Waals surface area contributed by atoms with E-state index in [0.717, 1.165) is 29.2 Å². The molecule has 0 bridgehead atoms. The van der Waals surface area contributed by atoms with Crippen molar-refractivity contribution in [2.24, 2.45) is 5.41 Å². The number of hydrogen-bond acceptors (Lipinski definition) is 4. The van der Waals surface area contributed by atoms with Crippen molar-refractivity contribution >= 4 is 17.2 Å². The fourth-order valence-corrected chi connectivity index (χ4v) is 3.65. The van der Waals surface area contributed by atoms with Crippen molar-refractivity contribution in [3.05, 3.63) is 65.7 Å². The lowest BCUT2D eigenvalue weighted by Crippen LogP contribution is -2.35. The first-order chi connectivity index (χ1) is 11.5. The quantitative estimate of drug-likeness (QED) is 0.859. The zero-order valence-corrected chi connectivity index (χ0v) is 14.0. The number of rotatable bonds is 1. The molecule has 4 rings (SSSR count). The SMILES string of the molecule is CC1(C)CC(=O)C2=C(C1)Nc1ccccc1CN2c1cccnc1. The van der Waals surface area contributed by atoms with Gasteiger partial charge in [0, 0.05) is 24.0 Å². The number of nitrogens with zero attached hydrogens (tertiary/aromatic N) is 2. The molecule has 2 aliphatic rings. The fourth-order valence-electron chi connectivity index (χ4n) is 3.65. The minimum atomic E-state index is -0.0250. The highest BCUT2D eigenvalue weighted by atomic mass is 16.1. The van der Waals surface area contributed by atoms with E-state index in [9.17, 15) is 4.79 Å². The highest BCUT2D eigenvalue weighted by Crippen LogP contribution is 2.42. The third-order valence-corrected chi connectivity index (χ3v) is 4.70. The molecule has 1 aliphatic heterocycles. The second-order valence-electron chi connectivity index (χ2n) is 7.35. The maximum absolute atomic E-state index is 13.0. The molecule has 1 N–H and O–H groups in total. The molecule has 0 unspecified atom stereocenters. The summed E-state index contributed by atoms with van der Waals surface area (Å²) in [4.78, 5) is 19.3. The topological polar surface area (TPSA) is 45.2 Å². The van der Waals surface area contributed by atoms with Gasteiger partial charge in [0.15, 0.2) is 5.78 Å². The number of carbonyl (C=O) groups is 1. The first kappa shape index (κ1) is 14.9. The van der Waals surface area contributed by atoms with E-state index in [1.54, 1.807) is 6.20 Å². The van der Waals surface area contributed by atoms with E-state index < -0.39 is 0 Å². The van der Waals surface area contributed by atoms with Gasteiger partial charge in [0.2, 0.25) is 0 Å². The Morgan fingerprint density at radius 3 is 2.75 bits per heavy atom. The molecule has 2 heterocycles. The van der Waals surface area contributed by atoms with Gasteiger partial charge in [-0.2, -0.15) is 0 Å². The van der Waals surface area contributed by atoms with Crippen LogP contribution in [0.15, 0.2) is 60.2 Å². The van der Waals surface area contributed by atoms with Crippen LogP contribution in [0.1, 0.15) is 32.3 Å². The summed E-state index contributed by atoms with van der Waals surface area (Å²) in [5.41, 5.74) is 5.01. The molecule has 1 aromatic heterocycles. The van der Waals surface area contributed by atoms with E-state index in [-0.39, 0.29) is 11.2 Å². The number of Topliss-reactive ketones (excluding diaryl/α,β-unsaturated/α-hetero) is 1. The molecular formula is C20H21N3O. The van der Waals surface area contributed by atoms with Gasteiger partial charge in [-0.15, -0.1) is 0 Å². The smallest absolute Gasteiger partial charge is 0.181 e. The molecule has 0 saturated carbocycles. The van der Waals surface area contributed by atoms with Gasteiger partial charge in [0.25, 0.3) is 0 Å². The molecule has 1 aromatic carbocycles.